The molecule has 8 aromatic carbocycles. The van der Waals surface area contributed by atoms with Crippen molar-refractivity contribution in [3.05, 3.63) is 350 Å². The molecule has 3 saturated heterocycles. The minimum Gasteiger partial charge on any atom is -0.363 e. The fraction of sp³-hybridized carbons (Fsp3) is 0.121. The molecular weight excluding hydrogens is 1800 g/mol. The molecule has 7 heterocycles. The number of aromatic nitrogens is 4. The number of carbonyl (C=O) groups is 8. The van der Waals surface area contributed by atoms with Gasteiger partial charge in [0.2, 0.25) is 0 Å². The van der Waals surface area contributed by atoms with Gasteiger partial charge in [0.25, 0.3) is 47.3 Å². The molecule has 3 aliphatic heterocycles. The maximum Gasteiger partial charge on any atom is 0.258 e. The van der Waals surface area contributed by atoms with Crippen molar-refractivity contribution in [2.24, 2.45) is 9.98 Å². The summed E-state index contributed by atoms with van der Waals surface area (Å²) < 4.78 is 14.8. The van der Waals surface area contributed by atoms with Crippen molar-refractivity contribution in [3.63, 3.8) is 0 Å². The Morgan fingerprint density at radius 2 is 0.586 bits per heavy atom. The number of carbonyl (C=O) groups excluding carboxylic acids is 8. The Hall–Kier alpha value is -13.8. The predicted octanol–water partition coefficient (Wildman–Crippen LogP) is 19.0. The van der Waals surface area contributed by atoms with Gasteiger partial charge in [-0.1, -0.05) is 135 Å². The molecule has 3 fully saturated rings. The molecule has 650 valence electrons. The van der Waals surface area contributed by atoms with Crippen molar-refractivity contribution < 1.29 is 42.7 Å². The summed E-state index contributed by atoms with van der Waals surface area (Å²) in [7, 11) is 7.15. The van der Waals surface area contributed by atoms with Gasteiger partial charge in [0, 0.05) is 151 Å². The average Bonchev–Trinajstić information content (AvgIpc) is 1.13. The lowest BCUT2D eigenvalue weighted by Crippen LogP contribution is -2.42. The van der Waals surface area contributed by atoms with E-state index in [1.807, 2.05) is 45.8 Å². The third-order valence-electron chi connectivity index (χ3n) is 19.0. The Morgan fingerprint density at radius 3 is 0.844 bits per heavy atom. The molecule has 128 heavy (non-hydrogen) atoms. The van der Waals surface area contributed by atoms with Crippen LogP contribution in [0.15, 0.2) is 247 Å². The zero-order chi connectivity index (χ0) is 91.4. The first-order valence-corrected chi connectivity index (χ1v) is 41.8. The van der Waals surface area contributed by atoms with Crippen LogP contribution in [0.25, 0.3) is 0 Å². The Labute approximate surface area is 773 Å². The van der Waals surface area contributed by atoms with Crippen LogP contribution in [-0.4, -0.2) is 178 Å². The lowest BCUT2D eigenvalue weighted by atomic mass is 10.1. The van der Waals surface area contributed by atoms with Gasteiger partial charge in [-0.3, -0.25) is 59.2 Å². The number of halogens is 9. The van der Waals surface area contributed by atoms with E-state index < -0.39 is 35.4 Å². The molecule has 12 aromatic rings. The molecule has 4 aromatic heterocycles. The molecule has 8 amide bonds. The largest absolute Gasteiger partial charge is 0.363 e. The molecular formula is C91H75Cl8FN20O8. The van der Waals surface area contributed by atoms with E-state index in [0.29, 0.717) is 114 Å². The molecule has 15 rings (SSSR count). The number of aliphatic imine (C=N–C) groups is 2. The molecule has 0 spiro atoms. The molecule has 28 nitrogen and oxygen atoms in total. The van der Waals surface area contributed by atoms with Gasteiger partial charge in [0.1, 0.15) is 52.4 Å². The van der Waals surface area contributed by atoms with E-state index in [4.69, 9.17) is 104 Å². The van der Waals surface area contributed by atoms with E-state index in [9.17, 15) is 42.7 Å². The first-order chi connectivity index (χ1) is 61.4. The fourth-order valence-corrected chi connectivity index (χ4v) is 13.3. The third kappa shape index (κ3) is 25.5. The fourth-order valence-electron chi connectivity index (χ4n) is 12.2. The van der Waals surface area contributed by atoms with Gasteiger partial charge in [0.05, 0.1) is 70.7 Å². The minimum atomic E-state index is -0.707. The van der Waals surface area contributed by atoms with Crippen LogP contribution in [0.1, 0.15) is 112 Å². The first kappa shape index (κ1) is 93.4. The van der Waals surface area contributed by atoms with Crippen molar-refractivity contribution in [2.75, 3.05) is 110 Å². The highest BCUT2D eigenvalue weighted by atomic mass is 35.5. The Kier molecular flexibility index (Phi) is 31.7. The Bertz CT molecular complexity index is 6270. The van der Waals surface area contributed by atoms with Gasteiger partial charge >= 0.3 is 0 Å². The zero-order valence-electron chi connectivity index (χ0n) is 68.1. The topological polar surface area (TPSA) is 369 Å². The lowest BCUT2D eigenvalue weighted by Gasteiger charge is -2.33. The molecule has 0 bridgehead atoms. The molecule has 10 N–H and O–H groups in total. The molecule has 37 heteroatoms. The van der Waals surface area contributed by atoms with Crippen molar-refractivity contribution in [1.29, 1.82) is 10.8 Å². The van der Waals surface area contributed by atoms with Gasteiger partial charge < -0.3 is 62.1 Å². The number of pyridine rings is 4. The van der Waals surface area contributed by atoms with Gasteiger partial charge in [-0.2, -0.15) is 0 Å². The van der Waals surface area contributed by atoms with Gasteiger partial charge in [-0.25, -0.2) is 24.3 Å². The number of amidine groups is 4. The Morgan fingerprint density at radius 1 is 0.312 bits per heavy atom. The van der Waals surface area contributed by atoms with E-state index in [-0.39, 0.29) is 57.0 Å². The minimum absolute atomic E-state index is 0.0894. The van der Waals surface area contributed by atoms with Crippen LogP contribution in [0.5, 0.6) is 0 Å². The molecule has 0 atom stereocenters. The smallest absolute Gasteiger partial charge is 0.258 e. The molecule has 3 aliphatic rings. The monoisotopic (exact) mass is 1870 g/mol. The highest BCUT2D eigenvalue weighted by Gasteiger charge is 2.28. The SMILES string of the molecule is CN=C(c1ccc(C(=O)Nc2ccc(Cl)cc2C(=O)Nc2ccc(Cl)cn2)c(F)c1)N1CC1.CN=C(c1ccc(C(=O)Nc2ccc(Cl)cc2C(=O)Nc2ccc(Cl)cn2)cc1)N(C)C.N=C(c1ccc(C(=O)Nc2ccc(Cl)cc2C(=O)Nc2ccc(Cl)cn2)cc1)N1CC1.N=C(c1ccc(C(=O)Nc2ccc(Cl)cc2C(=O)Nc2ccc(Cl)cn2)cc1)N1CCC1. The number of likely N-dealkylation sites (tertiary alicyclic amines) is 1. The predicted molar refractivity (Wildman–Crippen MR) is 504 cm³/mol. The second-order valence-electron chi connectivity index (χ2n) is 28.3. The van der Waals surface area contributed by atoms with Gasteiger partial charge in [-0.05, 0) is 176 Å². The second kappa shape index (κ2) is 43.4. The van der Waals surface area contributed by atoms with Crippen LogP contribution in [0.4, 0.5) is 50.4 Å². The molecule has 0 saturated carbocycles. The van der Waals surface area contributed by atoms with Crippen LogP contribution in [0.3, 0.4) is 0 Å². The zero-order valence-corrected chi connectivity index (χ0v) is 74.2. The third-order valence-corrected chi connectivity index (χ3v) is 20.9. The summed E-state index contributed by atoms with van der Waals surface area (Å²) in [6, 6.07) is 55.9. The number of hydrogen-bond acceptors (Lipinski definition) is 16. The summed E-state index contributed by atoms with van der Waals surface area (Å²) >= 11 is 47.6. The highest BCUT2D eigenvalue weighted by molar-refractivity contribution is 6.34. The van der Waals surface area contributed by atoms with Gasteiger partial charge in [0.15, 0.2) is 0 Å². The summed E-state index contributed by atoms with van der Waals surface area (Å²) in [5.74, 6) is -0.920. The number of benzene rings is 8. The number of nitrogens with one attached hydrogen (secondary N) is 10. The average molecular weight is 1880 g/mol. The maximum absolute atomic E-state index is 14.8. The normalized spacial score (nSPS) is 12.2. The summed E-state index contributed by atoms with van der Waals surface area (Å²) in [5.41, 5.74) is 5.83. The van der Waals surface area contributed by atoms with E-state index in [2.05, 4.69) is 72.5 Å². The first-order valence-electron chi connectivity index (χ1n) is 38.7. The highest BCUT2D eigenvalue weighted by Crippen LogP contribution is 2.31. The van der Waals surface area contributed by atoms with Gasteiger partial charge in [-0.15, -0.1) is 0 Å². The number of rotatable bonds is 20. The van der Waals surface area contributed by atoms with Crippen molar-refractivity contribution in [3.8, 4) is 0 Å². The van der Waals surface area contributed by atoms with E-state index in [1.54, 1.807) is 160 Å². The molecule has 0 unspecified atom stereocenters. The summed E-state index contributed by atoms with van der Waals surface area (Å²) in [4.78, 5) is 135. The van der Waals surface area contributed by atoms with Crippen molar-refractivity contribution in [1.82, 2.24) is 39.5 Å². The lowest BCUT2D eigenvalue weighted by molar-refractivity contribution is 0.100. The number of hydrogen-bond donors (Lipinski definition) is 10. The van der Waals surface area contributed by atoms with Crippen LogP contribution in [0, 0.1) is 16.6 Å². The van der Waals surface area contributed by atoms with E-state index >= 15 is 0 Å². The molecule has 0 aliphatic carbocycles. The number of nitrogens with zero attached hydrogens (tertiary/aromatic N) is 10. The number of amides is 8. The van der Waals surface area contributed by atoms with Crippen molar-refractivity contribution >= 4 is 209 Å². The van der Waals surface area contributed by atoms with Crippen LogP contribution in [-0.2, 0) is 0 Å². The van der Waals surface area contributed by atoms with E-state index in [1.165, 1.54) is 79.4 Å². The molecule has 0 radical (unpaired) electrons. The standard InChI is InChI=1S/C23H18Cl2FN5O2.C23H19Cl2N5O2.C23H21Cl2N5O2.C22H17Cl2N5O2/c1-27-21(31-8-9-31)13-2-5-16(18(26)10-13)22(32)29-19-6-3-14(24)11-17(19)23(33)30-20-7-4-15(25)12-28-20;24-16-6-8-19(18(12-16)23(32)29-20-9-7-17(25)13-27-20)28-22(31)15-4-2-14(3-5-15)21(26)30-10-1-11-30;1-26-21(30(2)3)14-4-6-15(7-5-14)22(31)28-19-10-8-16(24)12-18(19)23(32)29-20-11-9-17(25)13-27-20;23-15-5-7-18(17(11-15)22(31)28-19-8-6-16(24)12-26-19)27-21(30)14-3-1-13(2-4-14)20(25)29-9-10-29/h2-7,10-12H,8-9H2,1H3,(H,29,32)(H,28,30,33);2-9,12-13,26H,1,10-11H2,(H,28,31)(H,27,29,32);4-13H,1-3H3,(H,28,31)(H,27,29,32);1-8,11-12,25H,9-10H2,(H,27,30)(H,26,28,31). The van der Waals surface area contributed by atoms with Crippen LogP contribution >= 0.6 is 92.8 Å². The second-order valence-corrected chi connectivity index (χ2v) is 31.8. The summed E-state index contributed by atoms with van der Waals surface area (Å²) in [6.07, 6.45) is 6.74. The van der Waals surface area contributed by atoms with Crippen LogP contribution in [0.2, 0.25) is 40.2 Å². The summed E-state index contributed by atoms with van der Waals surface area (Å²) in [5, 5.41) is 40.8. The summed E-state index contributed by atoms with van der Waals surface area (Å²) in [6.45, 7) is 5.26. The van der Waals surface area contributed by atoms with E-state index in [0.717, 1.165) is 68.2 Å². The van der Waals surface area contributed by atoms with Crippen LogP contribution < -0.4 is 42.5 Å². The number of anilines is 8. The maximum atomic E-state index is 14.8. The quantitative estimate of drug-likeness (QED) is 0.0192. The van der Waals surface area contributed by atoms with Crippen molar-refractivity contribution in [2.45, 2.75) is 6.42 Å². The Balaban J connectivity index is 0.000000155.